The van der Waals surface area contributed by atoms with E-state index in [0.717, 1.165) is 43.2 Å². The lowest BCUT2D eigenvalue weighted by Gasteiger charge is -2.58. The fourth-order valence-corrected chi connectivity index (χ4v) is 6.49. The number of carbonyl (C=O) groups excluding carboxylic acids is 2. The van der Waals surface area contributed by atoms with Gasteiger partial charge in [0.05, 0.1) is 11.0 Å². The summed E-state index contributed by atoms with van der Waals surface area (Å²) in [7, 11) is 0. The normalized spacial score (nSPS) is 31.8. The minimum atomic E-state index is -0.904. The summed E-state index contributed by atoms with van der Waals surface area (Å²) in [5.41, 5.74) is 1.24. The highest BCUT2D eigenvalue weighted by molar-refractivity contribution is 5.98. The molecule has 2 aromatic carbocycles. The number of esters is 1. The van der Waals surface area contributed by atoms with Crippen LogP contribution in [-0.2, 0) is 14.3 Å². The van der Waals surface area contributed by atoms with Gasteiger partial charge in [-0.15, -0.1) is 0 Å². The van der Waals surface area contributed by atoms with E-state index in [9.17, 15) is 14.7 Å². The van der Waals surface area contributed by atoms with Crippen molar-refractivity contribution < 1.29 is 19.4 Å². The molecule has 31 heavy (non-hydrogen) atoms. The molecule has 6 rings (SSSR count). The van der Waals surface area contributed by atoms with Gasteiger partial charge in [-0.2, -0.15) is 0 Å². The van der Waals surface area contributed by atoms with Gasteiger partial charge in [0.25, 0.3) is 5.91 Å². The molecule has 4 fully saturated rings. The van der Waals surface area contributed by atoms with Gasteiger partial charge in [-0.25, -0.2) is 0 Å². The molecule has 4 bridgehead atoms. The lowest BCUT2D eigenvalue weighted by Crippen LogP contribution is -2.59. The monoisotopic (exact) mass is 419 g/mol. The lowest BCUT2D eigenvalue weighted by atomic mass is 9.48. The van der Waals surface area contributed by atoms with Crippen molar-refractivity contribution >= 4 is 17.6 Å². The largest absolute Gasteiger partial charge is 0.452 e. The van der Waals surface area contributed by atoms with Gasteiger partial charge in [-0.05, 0) is 68.9 Å². The van der Waals surface area contributed by atoms with E-state index >= 15 is 0 Å². The number of rotatable bonds is 5. The van der Waals surface area contributed by atoms with Gasteiger partial charge < -0.3 is 15.2 Å². The zero-order valence-electron chi connectivity index (χ0n) is 17.8. The van der Waals surface area contributed by atoms with Crippen molar-refractivity contribution in [3.63, 3.8) is 0 Å². The molecule has 4 saturated carbocycles. The Hall–Kier alpha value is -2.66. The maximum absolute atomic E-state index is 13.2. The Labute approximate surface area is 182 Å². The topological polar surface area (TPSA) is 75.6 Å². The molecule has 0 heterocycles. The molecule has 5 atom stereocenters. The SMILES string of the molecule is C[C@H](OC(=O)C12C[C@@H]3C[C@@H](CC(O)(C3)C1)C2)C(=O)Nc1ccccc1-c1ccccc1. The van der Waals surface area contributed by atoms with Gasteiger partial charge in [-0.3, -0.25) is 9.59 Å². The van der Waals surface area contributed by atoms with Gasteiger partial charge in [0.15, 0.2) is 6.10 Å². The third-order valence-corrected chi connectivity index (χ3v) is 7.39. The summed E-state index contributed by atoms with van der Waals surface area (Å²) >= 11 is 0. The number of carbonyl (C=O) groups is 2. The number of hydrogen-bond donors (Lipinski definition) is 2. The zero-order valence-corrected chi connectivity index (χ0v) is 17.8. The van der Waals surface area contributed by atoms with E-state index in [2.05, 4.69) is 5.32 Å². The van der Waals surface area contributed by atoms with E-state index in [-0.39, 0.29) is 11.9 Å². The molecule has 0 saturated heterocycles. The Bertz CT molecular complexity index is 987. The number of benzene rings is 2. The molecule has 0 aromatic heterocycles. The Kier molecular flexibility index (Phi) is 4.89. The highest BCUT2D eigenvalue weighted by atomic mass is 16.5. The molecular weight excluding hydrogens is 390 g/mol. The van der Waals surface area contributed by atoms with E-state index in [0.29, 0.717) is 23.9 Å². The predicted octanol–water partition coefficient (Wildman–Crippen LogP) is 4.56. The minimum absolute atomic E-state index is 0.320. The molecule has 4 aliphatic carbocycles. The number of anilines is 1. The van der Waals surface area contributed by atoms with Crippen LogP contribution in [0.5, 0.6) is 0 Å². The van der Waals surface area contributed by atoms with Crippen molar-refractivity contribution in [3.8, 4) is 11.1 Å². The Balaban J connectivity index is 1.28. The van der Waals surface area contributed by atoms with Crippen molar-refractivity contribution in [2.45, 2.75) is 57.2 Å². The van der Waals surface area contributed by atoms with Crippen LogP contribution < -0.4 is 5.32 Å². The van der Waals surface area contributed by atoms with E-state index in [1.54, 1.807) is 6.92 Å². The Morgan fingerprint density at radius 2 is 1.65 bits per heavy atom. The molecule has 2 unspecified atom stereocenters. The summed E-state index contributed by atoms with van der Waals surface area (Å²) in [6, 6.07) is 17.5. The summed E-state index contributed by atoms with van der Waals surface area (Å²) in [6.45, 7) is 1.62. The third-order valence-electron chi connectivity index (χ3n) is 7.39. The van der Waals surface area contributed by atoms with Crippen LogP contribution in [0.4, 0.5) is 5.69 Å². The highest BCUT2D eigenvalue weighted by Crippen LogP contribution is 2.62. The van der Waals surface area contributed by atoms with Crippen LogP contribution in [0.2, 0.25) is 0 Å². The second-order valence-electron chi connectivity index (χ2n) is 9.91. The predicted molar refractivity (Wildman–Crippen MR) is 118 cm³/mol. The van der Waals surface area contributed by atoms with Gasteiger partial charge >= 0.3 is 5.97 Å². The molecule has 5 heteroatoms. The third kappa shape index (κ3) is 3.76. The summed E-state index contributed by atoms with van der Waals surface area (Å²) in [5.74, 6) is 0.112. The second kappa shape index (κ2) is 7.49. The standard InChI is InChI=1S/C26H29NO4/c1-17(23(28)27-22-10-6-5-9-21(22)20-7-3-2-4-8-20)31-24(29)25-12-18-11-19(13-25)15-26(30,14-18)16-25/h2-10,17-19,30H,11-16H2,1H3,(H,27,28)/t17-,18-,19+,25?,26?/m0/s1. The molecule has 4 aliphatic rings. The van der Waals surface area contributed by atoms with Crippen LogP contribution in [0.3, 0.4) is 0 Å². The average Bonchev–Trinajstić information content (AvgIpc) is 2.73. The van der Waals surface area contributed by atoms with E-state index in [4.69, 9.17) is 4.74 Å². The summed E-state index contributed by atoms with van der Waals surface area (Å²) in [5, 5.41) is 13.8. The fourth-order valence-electron chi connectivity index (χ4n) is 6.49. The average molecular weight is 420 g/mol. The number of amides is 1. The maximum atomic E-state index is 13.2. The molecule has 5 nitrogen and oxygen atoms in total. The summed E-state index contributed by atoms with van der Waals surface area (Å²) < 4.78 is 5.70. The second-order valence-corrected chi connectivity index (χ2v) is 9.91. The highest BCUT2D eigenvalue weighted by Gasteiger charge is 2.61. The number of ether oxygens (including phenoxy) is 1. The molecule has 0 spiro atoms. The Morgan fingerprint density at radius 3 is 2.32 bits per heavy atom. The van der Waals surface area contributed by atoms with Crippen LogP contribution >= 0.6 is 0 Å². The smallest absolute Gasteiger partial charge is 0.312 e. The number of para-hydroxylation sites is 1. The number of aliphatic hydroxyl groups is 1. The van der Waals surface area contributed by atoms with Crippen molar-refractivity contribution in [2.75, 3.05) is 5.32 Å². The van der Waals surface area contributed by atoms with Crippen molar-refractivity contribution in [3.05, 3.63) is 54.6 Å². The molecule has 0 radical (unpaired) electrons. The molecule has 0 aliphatic heterocycles. The van der Waals surface area contributed by atoms with Gasteiger partial charge in [-0.1, -0.05) is 48.5 Å². The lowest BCUT2D eigenvalue weighted by molar-refractivity contribution is -0.199. The Morgan fingerprint density at radius 1 is 1.00 bits per heavy atom. The maximum Gasteiger partial charge on any atom is 0.312 e. The molecule has 2 N–H and O–H groups in total. The summed E-state index contributed by atoms with van der Waals surface area (Å²) in [4.78, 5) is 26.1. The first-order valence-electron chi connectivity index (χ1n) is 11.2. The minimum Gasteiger partial charge on any atom is -0.452 e. The first-order chi connectivity index (χ1) is 14.9. The first kappa shape index (κ1) is 20.3. The van der Waals surface area contributed by atoms with Gasteiger partial charge in [0, 0.05) is 11.3 Å². The quantitative estimate of drug-likeness (QED) is 0.697. The van der Waals surface area contributed by atoms with Crippen LogP contribution in [-0.4, -0.2) is 28.7 Å². The van der Waals surface area contributed by atoms with E-state index in [1.807, 2.05) is 54.6 Å². The van der Waals surface area contributed by atoms with Gasteiger partial charge in [0.1, 0.15) is 0 Å². The first-order valence-corrected chi connectivity index (χ1v) is 11.2. The molecular formula is C26H29NO4. The van der Waals surface area contributed by atoms with Crippen LogP contribution in [0.1, 0.15) is 45.4 Å². The van der Waals surface area contributed by atoms with E-state index < -0.39 is 17.1 Å². The van der Waals surface area contributed by atoms with Crippen molar-refractivity contribution in [1.29, 1.82) is 0 Å². The van der Waals surface area contributed by atoms with Crippen LogP contribution in [0, 0.1) is 17.3 Å². The van der Waals surface area contributed by atoms with Gasteiger partial charge in [0.2, 0.25) is 0 Å². The molecule has 1 amide bonds. The number of nitrogens with one attached hydrogen (secondary N) is 1. The van der Waals surface area contributed by atoms with E-state index in [1.165, 1.54) is 0 Å². The van der Waals surface area contributed by atoms with Crippen molar-refractivity contribution in [2.24, 2.45) is 17.3 Å². The molecule has 162 valence electrons. The van der Waals surface area contributed by atoms with Crippen LogP contribution in [0.25, 0.3) is 11.1 Å². The zero-order chi connectivity index (χ0) is 21.6. The fraction of sp³-hybridized carbons (Fsp3) is 0.462. The molecule has 2 aromatic rings. The summed E-state index contributed by atoms with van der Waals surface area (Å²) in [6.07, 6.45) is 3.81. The van der Waals surface area contributed by atoms with Crippen molar-refractivity contribution in [1.82, 2.24) is 0 Å². The number of hydrogen-bond acceptors (Lipinski definition) is 4. The van der Waals surface area contributed by atoms with Crippen LogP contribution in [0.15, 0.2) is 54.6 Å².